The van der Waals surface area contributed by atoms with Gasteiger partial charge in [-0.1, -0.05) is 6.08 Å². The monoisotopic (exact) mass is 396 g/mol. The molecule has 1 aromatic heterocycles. The van der Waals surface area contributed by atoms with Gasteiger partial charge in [-0.2, -0.15) is 0 Å². The molecular formula is C23H28N2O4. The highest BCUT2D eigenvalue weighted by molar-refractivity contribution is 5.84. The van der Waals surface area contributed by atoms with Gasteiger partial charge >= 0.3 is 6.16 Å². The van der Waals surface area contributed by atoms with Crippen LogP contribution in [0.25, 0.3) is 10.9 Å². The number of rotatable bonds is 6. The van der Waals surface area contributed by atoms with Gasteiger partial charge in [-0.05, 0) is 62.4 Å². The van der Waals surface area contributed by atoms with Crippen molar-refractivity contribution in [2.24, 2.45) is 11.8 Å². The Morgan fingerprint density at radius 2 is 2.28 bits per heavy atom. The number of carbonyl (C=O) groups is 1. The first-order chi connectivity index (χ1) is 14.1. The lowest BCUT2D eigenvalue weighted by atomic mass is 9.73. The molecule has 154 valence electrons. The van der Waals surface area contributed by atoms with Gasteiger partial charge in [0.15, 0.2) is 0 Å². The van der Waals surface area contributed by atoms with Gasteiger partial charge in [0.05, 0.1) is 25.3 Å². The molecule has 4 heterocycles. The van der Waals surface area contributed by atoms with Crippen molar-refractivity contribution in [3.8, 4) is 5.75 Å². The maximum atomic E-state index is 12.3. The summed E-state index contributed by atoms with van der Waals surface area (Å²) in [4.78, 5) is 19.2. The van der Waals surface area contributed by atoms with Crippen molar-refractivity contribution < 1.29 is 19.0 Å². The van der Waals surface area contributed by atoms with Crippen molar-refractivity contribution in [3.05, 3.63) is 48.7 Å². The molecule has 6 nitrogen and oxygen atoms in total. The maximum absolute atomic E-state index is 12.3. The lowest BCUT2D eigenvalue weighted by Gasteiger charge is -2.51. The van der Waals surface area contributed by atoms with E-state index >= 15 is 0 Å². The number of ether oxygens (including phenoxy) is 3. The van der Waals surface area contributed by atoms with E-state index < -0.39 is 12.3 Å². The molecule has 5 rings (SSSR count). The standard InChI is InChI=1S/C23H28N2O4/c1-4-15-14-25-11-9-16(15)12-21(25)22(29-23(26)28-5-2)18-8-10-24-20-7-6-17(27-3)13-19(18)20/h4,6-8,10,13,15-16,21-22H,1,5,9,11-12,14H2,2-3H3/t15-,16-,21-,22+/m0/s1. The van der Waals surface area contributed by atoms with Crippen LogP contribution in [-0.4, -0.2) is 48.9 Å². The molecule has 0 aliphatic carbocycles. The first-order valence-electron chi connectivity index (χ1n) is 10.3. The Hall–Kier alpha value is -2.60. The van der Waals surface area contributed by atoms with Crippen LogP contribution in [0.5, 0.6) is 5.75 Å². The van der Waals surface area contributed by atoms with Crippen molar-refractivity contribution in [1.82, 2.24) is 9.88 Å². The maximum Gasteiger partial charge on any atom is 0.508 e. The summed E-state index contributed by atoms with van der Waals surface area (Å²) in [5.74, 6) is 1.81. The Labute approximate surface area is 171 Å². The lowest BCUT2D eigenvalue weighted by Crippen LogP contribution is -2.55. The first kappa shape index (κ1) is 19.7. The molecule has 6 heteroatoms. The second kappa shape index (κ2) is 8.41. The number of benzene rings is 1. The molecule has 0 N–H and O–H groups in total. The minimum atomic E-state index is -0.631. The van der Waals surface area contributed by atoms with E-state index in [1.54, 1.807) is 20.2 Å². The van der Waals surface area contributed by atoms with Gasteiger partial charge < -0.3 is 14.2 Å². The van der Waals surface area contributed by atoms with E-state index in [9.17, 15) is 4.79 Å². The summed E-state index contributed by atoms with van der Waals surface area (Å²) >= 11 is 0. The normalized spacial score (nSPS) is 26.7. The fraction of sp³-hybridized carbons (Fsp3) is 0.478. The zero-order valence-electron chi connectivity index (χ0n) is 17.0. The van der Waals surface area contributed by atoms with Crippen molar-refractivity contribution in [2.45, 2.75) is 31.9 Å². The topological polar surface area (TPSA) is 60.9 Å². The minimum Gasteiger partial charge on any atom is -0.497 e. The van der Waals surface area contributed by atoms with E-state index in [1.807, 2.05) is 24.3 Å². The van der Waals surface area contributed by atoms with E-state index in [4.69, 9.17) is 14.2 Å². The number of aromatic nitrogens is 1. The Bertz CT molecular complexity index is 900. The van der Waals surface area contributed by atoms with Gasteiger partial charge in [0.1, 0.15) is 11.9 Å². The van der Waals surface area contributed by atoms with Crippen LogP contribution in [0.2, 0.25) is 0 Å². The summed E-state index contributed by atoms with van der Waals surface area (Å²) in [6.07, 6.45) is 4.91. The smallest absolute Gasteiger partial charge is 0.497 e. The summed E-state index contributed by atoms with van der Waals surface area (Å²) in [6.45, 7) is 8.04. The van der Waals surface area contributed by atoms with Gasteiger partial charge in [0.25, 0.3) is 0 Å². The molecule has 3 aliphatic heterocycles. The summed E-state index contributed by atoms with van der Waals surface area (Å²) in [7, 11) is 1.64. The SMILES string of the molecule is C=C[C@H]1CN2CC[C@H]1C[C@H]2[C@H](OC(=O)OCC)c1ccnc2ccc(OC)cc12. The van der Waals surface area contributed by atoms with E-state index in [-0.39, 0.29) is 12.6 Å². The molecule has 2 aromatic rings. The van der Waals surface area contributed by atoms with Crippen LogP contribution < -0.4 is 4.74 Å². The Balaban J connectivity index is 1.75. The number of pyridine rings is 1. The summed E-state index contributed by atoms with van der Waals surface area (Å²) in [5, 5.41) is 0.934. The predicted molar refractivity (Wildman–Crippen MR) is 111 cm³/mol. The van der Waals surface area contributed by atoms with Crippen LogP contribution in [-0.2, 0) is 9.47 Å². The van der Waals surface area contributed by atoms with Crippen LogP contribution in [0.4, 0.5) is 4.79 Å². The van der Waals surface area contributed by atoms with Crippen LogP contribution in [0, 0.1) is 11.8 Å². The molecule has 1 aromatic carbocycles. The van der Waals surface area contributed by atoms with Crippen molar-refractivity contribution in [3.63, 3.8) is 0 Å². The van der Waals surface area contributed by atoms with Gasteiger partial charge in [0, 0.05) is 23.7 Å². The van der Waals surface area contributed by atoms with Crippen LogP contribution in [0.1, 0.15) is 31.4 Å². The highest BCUT2D eigenvalue weighted by atomic mass is 16.7. The first-order valence-corrected chi connectivity index (χ1v) is 10.3. The van der Waals surface area contributed by atoms with Gasteiger partial charge in [-0.15, -0.1) is 6.58 Å². The number of carbonyl (C=O) groups excluding carboxylic acids is 1. The average molecular weight is 396 g/mol. The highest BCUT2D eigenvalue weighted by Gasteiger charge is 2.44. The summed E-state index contributed by atoms with van der Waals surface area (Å²) < 4.78 is 16.5. The number of piperidine rings is 3. The van der Waals surface area contributed by atoms with Crippen molar-refractivity contribution >= 4 is 17.1 Å². The molecule has 2 bridgehead atoms. The molecule has 3 aliphatic rings. The molecule has 0 radical (unpaired) electrons. The zero-order chi connectivity index (χ0) is 20.4. The Morgan fingerprint density at radius 3 is 2.97 bits per heavy atom. The van der Waals surface area contributed by atoms with Crippen molar-refractivity contribution in [1.29, 1.82) is 0 Å². The van der Waals surface area contributed by atoms with Crippen LogP contribution in [0.15, 0.2) is 43.1 Å². The number of methoxy groups -OCH3 is 1. The number of nitrogens with zero attached hydrogens (tertiary/aromatic N) is 2. The fourth-order valence-corrected chi connectivity index (χ4v) is 4.82. The summed E-state index contributed by atoms with van der Waals surface area (Å²) in [6, 6.07) is 7.83. The molecule has 3 saturated heterocycles. The lowest BCUT2D eigenvalue weighted by molar-refractivity contribution is -0.0652. The highest BCUT2D eigenvalue weighted by Crippen LogP contribution is 2.43. The predicted octanol–water partition coefficient (Wildman–Crippen LogP) is 4.35. The molecule has 0 amide bonds. The van der Waals surface area contributed by atoms with E-state index in [0.717, 1.165) is 48.1 Å². The quantitative estimate of drug-likeness (QED) is 0.534. The molecule has 5 atom stereocenters. The van der Waals surface area contributed by atoms with Gasteiger partial charge in [-0.3, -0.25) is 9.88 Å². The van der Waals surface area contributed by atoms with Crippen molar-refractivity contribution in [2.75, 3.05) is 26.8 Å². The number of hydrogen-bond acceptors (Lipinski definition) is 6. The third kappa shape index (κ3) is 3.81. The third-order valence-electron chi connectivity index (χ3n) is 6.28. The van der Waals surface area contributed by atoms with Crippen LogP contribution >= 0.6 is 0 Å². The molecule has 0 spiro atoms. The largest absolute Gasteiger partial charge is 0.508 e. The van der Waals surface area contributed by atoms with Gasteiger partial charge in [-0.25, -0.2) is 4.79 Å². The molecule has 0 saturated carbocycles. The summed E-state index contributed by atoms with van der Waals surface area (Å²) in [5.41, 5.74) is 1.79. The molecular weight excluding hydrogens is 368 g/mol. The second-order valence-electron chi connectivity index (χ2n) is 7.75. The van der Waals surface area contributed by atoms with Gasteiger partial charge in [0.2, 0.25) is 0 Å². The number of hydrogen-bond donors (Lipinski definition) is 0. The third-order valence-corrected chi connectivity index (χ3v) is 6.28. The fourth-order valence-electron chi connectivity index (χ4n) is 4.82. The van der Waals surface area contributed by atoms with E-state index in [0.29, 0.717) is 11.8 Å². The second-order valence-corrected chi connectivity index (χ2v) is 7.75. The van der Waals surface area contributed by atoms with Crippen LogP contribution in [0.3, 0.4) is 0 Å². The minimum absolute atomic E-state index is 0.103. The Kier molecular flexibility index (Phi) is 5.72. The average Bonchev–Trinajstić information content (AvgIpc) is 2.77. The van der Waals surface area contributed by atoms with E-state index in [2.05, 4.69) is 22.5 Å². The zero-order valence-corrected chi connectivity index (χ0v) is 17.0. The number of fused-ring (bicyclic) bond motifs is 4. The Morgan fingerprint density at radius 1 is 1.41 bits per heavy atom. The molecule has 1 unspecified atom stereocenters. The molecule has 3 fully saturated rings. The molecule has 29 heavy (non-hydrogen) atoms. The van der Waals surface area contributed by atoms with E-state index in [1.165, 1.54) is 0 Å².